The SMILES string of the molecule is CCCO/N=C(\COc1cccc(CC(=O)OC)c1)c1cccc(OC2CCCC2)c1. The monoisotopic (exact) mass is 425 g/mol. The van der Waals surface area contributed by atoms with Crippen LogP contribution in [0.25, 0.3) is 0 Å². The van der Waals surface area contributed by atoms with Crippen molar-refractivity contribution in [3.05, 3.63) is 59.7 Å². The first-order valence-corrected chi connectivity index (χ1v) is 10.9. The van der Waals surface area contributed by atoms with E-state index in [2.05, 4.69) is 5.16 Å². The minimum absolute atomic E-state index is 0.203. The molecule has 6 nitrogen and oxygen atoms in total. The van der Waals surface area contributed by atoms with E-state index in [-0.39, 0.29) is 19.0 Å². The normalized spacial score (nSPS) is 14.3. The fraction of sp³-hybridized carbons (Fsp3) is 0.440. The second-order valence-corrected chi connectivity index (χ2v) is 7.61. The zero-order chi connectivity index (χ0) is 21.9. The molecule has 1 saturated carbocycles. The summed E-state index contributed by atoms with van der Waals surface area (Å²) in [5.74, 6) is 1.21. The summed E-state index contributed by atoms with van der Waals surface area (Å²) >= 11 is 0. The van der Waals surface area contributed by atoms with Crippen molar-refractivity contribution >= 4 is 11.7 Å². The predicted molar refractivity (Wildman–Crippen MR) is 120 cm³/mol. The molecule has 31 heavy (non-hydrogen) atoms. The molecule has 0 N–H and O–H groups in total. The van der Waals surface area contributed by atoms with Crippen molar-refractivity contribution in [2.45, 2.75) is 51.6 Å². The molecule has 0 aliphatic heterocycles. The highest BCUT2D eigenvalue weighted by Gasteiger charge is 2.17. The molecule has 0 atom stereocenters. The van der Waals surface area contributed by atoms with Gasteiger partial charge in [-0.15, -0.1) is 0 Å². The van der Waals surface area contributed by atoms with Crippen LogP contribution in [0.4, 0.5) is 0 Å². The summed E-state index contributed by atoms with van der Waals surface area (Å²) in [4.78, 5) is 17.0. The Hall–Kier alpha value is -3.02. The Balaban J connectivity index is 1.70. The van der Waals surface area contributed by atoms with Crippen LogP contribution >= 0.6 is 0 Å². The first kappa shape index (κ1) is 22.7. The average Bonchev–Trinajstić information content (AvgIpc) is 3.29. The number of esters is 1. The lowest BCUT2D eigenvalue weighted by atomic mass is 10.1. The van der Waals surface area contributed by atoms with Gasteiger partial charge < -0.3 is 19.0 Å². The predicted octanol–water partition coefficient (Wildman–Crippen LogP) is 4.93. The van der Waals surface area contributed by atoms with Crippen molar-refractivity contribution in [3.8, 4) is 11.5 Å². The van der Waals surface area contributed by atoms with Gasteiger partial charge in [0.05, 0.1) is 19.6 Å². The van der Waals surface area contributed by atoms with Crippen molar-refractivity contribution in [3.63, 3.8) is 0 Å². The Morgan fingerprint density at radius 3 is 2.61 bits per heavy atom. The highest BCUT2D eigenvalue weighted by atomic mass is 16.6. The van der Waals surface area contributed by atoms with Gasteiger partial charge in [0.25, 0.3) is 0 Å². The van der Waals surface area contributed by atoms with Gasteiger partial charge in [0.1, 0.15) is 30.4 Å². The average molecular weight is 426 g/mol. The standard InChI is InChI=1S/C25H31NO5/c1-3-14-30-26-24(18-29-22-12-6-8-19(15-22)16-25(27)28-2)20-9-7-13-23(17-20)31-21-10-4-5-11-21/h6-9,12-13,15,17,21H,3-5,10-11,14,16,18H2,1-2H3/b26-24+. The van der Waals surface area contributed by atoms with E-state index >= 15 is 0 Å². The van der Waals surface area contributed by atoms with Crippen molar-refractivity contribution in [2.75, 3.05) is 20.3 Å². The second kappa shape index (κ2) is 12.0. The molecule has 166 valence electrons. The van der Waals surface area contributed by atoms with Crippen LogP contribution in [0.15, 0.2) is 53.7 Å². The van der Waals surface area contributed by atoms with Crippen LogP contribution in [-0.4, -0.2) is 38.1 Å². The molecular formula is C25H31NO5. The van der Waals surface area contributed by atoms with Gasteiger partial charge in [-0.1, -0.05) is 36.3 Å². The molecular weight excluding hydrogens is 394 g/mol. The molecule has 1 aliphatic rings. The van der Waals surface area contributed by atoms with Crippen LogP contribution in [-0.2, 0) is 20.8 Å². The first-order valence-electron chi connectivity index (χ1n) is 10.9. The van der Waals surface area contributed by atoms with Crippen LogP contribution in [0.3, 0.4) is 0 Å². The minimum atomic E-state index is -0.286. The maximum atomic E-state index is 11.5. The van der Waals surface area contributed by atoms with Gasteiger partial charge in [-0.2, -0.15) is 0 Å². The number of benzene rings is 2. The summed E-state index contributed by atoms with van der Waals surface area (Å²) in [5, 5.41) is 4.32. The third-order valence-electron chi connectivity index (χ3n) is 5.09. The molecule has 0 amide bonds. The van der Waals surface area contributed by atoms with Crippen molar-refractivity contribution in [1.29, 1.82) is 0 Å². The molecule has 6 heteroatoms. The Morgan fingerprint density at radius 1 is 1.06 bits per heavy atom. The molecule has 1 aliphatic carbocycles. The summed E-state index contributed by atoms with van der Waals surface area (Å²) in [6.45, 7) is 2.81. The van der Waals surface area contributed by atoms with Gasteiger partial charge in [-0.3, -0.25) is 4.79 Å². The maximum Gasteiger partial charge on any atom is 0.309 e. The van der Waals surface area contributed by atoms with E-state index in [1.165, 1.54) is 20.0 Å². The van der Waals surface area contributed by atoms with E-state index in [4.69, 9.17) is 19.0 Å². The molecule has 0 bridgehead atoms. The van der Waals surface area contributed by atoms with Gasteiger partial charge in [0, 0.05) is 5.56 Å². The van der Waals surface area contributed by atoms with E-state index in [1.54, 1.807) is 0 Å². The molecule has 0 unspecified atom stereocenters. The number of hydrogen-bond acceptors (Lipinski definition) is 6. The number of methoxy groups -OCH3 is 1. The number of ether oxygens (including phenoxy) is 3. The Morgan fingerprint density at radius 2 is 1.84 bits per heavy atom. The summed E-state index contributed by atoms with van der Waals surface area (Å²) in [7, 11) is 1.38. The van der Waals surface area contributed by atoms with Crippen LogP contribution in [0.1, 0.15) is 50.2 Å². The fourth-order valence-electron chi connectivity index (χ4n) is 3.46. The Kier molecular flexibility index (Phi) is 8.76. The summed E-state index contributed by atoms with van der Waals surface area (Å²) in [6, 6.07) is 15.3. The van der Waals surface area contributed by atoms with Crippen molar-refractivity contribution < 1.29 is 23.8 Å². The zero-order valence-electron chi connectivity index (χ0n) is 18.3. The molecule has 2 aromatic rings. The first-order chi connectivity index (χ1) is 15.2. The van der Waals surface area contributed by atoms with Gasteiger partial charge in [-0.25, -0.2) is 0 Å². The van der Waals surface area contributed by atoms with Crippen LogP contribution < -0.4 is 9.47 Å². The van der Waals surface area contributed by atoms with Gasteiger partial charge in [-0.05, 0) is 61.9 Å². The lowest BCUT2D eigenvalue weighted by molar-refractivity contribution is -0.139. The van der Waals surface area contributed by atoms with E-state index in [1.807, 2.05) is 55.5 Å². The second-order valence-electron chi connectivity index (χ2n) is 7.61. The van der Waals surface area contributed by atoms with E-state index in [0.717, 1.165) is 36.1 Å². The molecule has 0 spiro atoms. The molecule has 0 radical (unpaired) electrons. The largest absolute Gasteiger partial charge is 0.490 e. The van der Waals surface area contributed by atoms with Gasteiger partial charge >= 0.3 is 5.97 Å². The van der Waals surface area contributed by atoms with E-state index in [9.17, 15) is 4.79 Å². The third kappa shape index (κ3) is 7.31. The molecule has 2 aromatic carbocycles. The van der Waals surface area contributed by atoms with E-state index < -0.39 is 0 Å². The smallest absolute Gasteiger partial charge is 0.309 e. The van der Waals surface area contributed by atoms with Gasteiger partial charge in [0.15, 0.2) is 0 Å². The fourth-order valence-corrected chi connectivity index (χ4v) is 3.46. The maximum absolute atomic E-state index is 11.5. The summed E-state index contributed by atoms with van der Waals surface area (Å²) in [6.07, 6.45) is 6.04. The molecule has 1 fully saturated rings. The lowest BCUT2D eigenvalue weighted by Crippen LogP contribution is -2.15. The van der Waals surface area contributed by atoms with Crippen molar-refractivity contribution in [2.24, 2.45) is 5.16 Å². The Bertz CT molecular complexity index is 874. The molecule has 3 rings (SSSR count). The number of nitrogens with zero attached hydrogens (tertiary/aromatic N) is 1. The summed E-state index contributed by atoms with van der Waals surface area (Å²) < 4.78 is 16.9. The quantitative estimate of drug-likeness (QED) is 0.221. The van der Waals surface area contributed by atoms with E-state index in [0.29, 0.717) is 24.2 Å². The summed E-state index contributed by atoms with van der Waals surface area (Å²) in [5.41, 5.74) is 2.41. The van der Waals surface area contributed by atoms with Crippen LogP contribution in [0.2, 0.25) is 0 Å². The highest BCUT2D eigenvalue weighted by molar-refractivity contribution is 6.01. The number of oxime groups is 1. The van der Waals surface area contributed by atoms with Crippen LogP contribution in [0.5, 0.6) is 11.5 Å². The van der Waals surface area contributed by atoms with Gasteiger partial charge in [0.2, 0.25) is 0 Å². The molecule has 0 saturated heterocycles. The number of carbonyl (C=O) groups excluding carboxylic acids is 1. The topological polar surface area (TPSA) is 66.4 Å². The lowest BCUT2D eigenvalue weighted by Gasteiger charge is -2.15. The number of hydrogen-bond donors (Lipinski definition) is 0. The molecule has 0 aromatic heterocycles. The van der Waals surface area contributed by atoms with Crippen LogP contribution in [0, 0.1) is 0 Å². The molecule has 0 heterocycles. The third-order valence-corrected chi connectivity index (χ3v) is 5.09. The highest BCUT2D eigenvalue weighted by Crippen LogP contribution is 2.25. The number of rotatable bonds is 11. The van der Waals surface area contributed by atoms with Crippen molar-refractivity contribution in [1.82, 2.24) is 0 Å². The number of carbonyl (C=O) groups is 1. The zero-order valence-corrected chi connectivity index (χ0v) is 18.3. The minimum Gasteiger partial charge on any atom is -0.490 e. The Labute approximate surface area is 184 Å².